The maximum Gasteiger partial charge on any atom is 0.393 e. The topological polar surface area (TPSA) is 56.7 Å². The normalized spacial score (nSPS) is 18.9. The molecule has 20 heavy (non-hydrogen) atoms. The van der Waals surface area contributed by atoms with E-state index < -0.39 is 12.1 Å². The first-order valence-electron chi connectivity index (χ1n) is 6.30. The van der Waals surface area contributed by atoms with E-state index in [0.29, 0.717) is 23.8 Å². The zero-order chi connectivity index (χ0) is 14.3. The van der Waals surface area contributed by atoms with Gasteiger partial charge in [-0.1, -0.05) is 12.1 Å². The third kappa shape index (κ3) is 2.35. The van der Waals surface area contributed by atoms with E-state index in [-0.39, 0.29) is 13.0 Å². The fraction of sp³-hybridized carbons (Fsp3) is 0.385. The summed E-state index contributed by atoms with van der Waals surface area (Å²) in [6.45, 7) is -0.159. The molecule has 1 aromatic heterocycles. The van der Waals surface area contributed by atoms with Gasteiger partial charge in [0.2, 0.25) is 0 Å². The molecule has 0 saturated carbocycles. The van der Waals surface area contributed by atoms with Gasteiger partial charge in [-0.3, -0.25) is 0 Å². The van der Waals surface area contributed by atoms with Gasteiger partial charge in [0.05, 0.1) is 12.5 Å². The van der Waals surface area contributed by atoms with Gasteiger partial charge in [-0.05, 0) is 18.6 Å². The Labute approximate surface area is 113 Å². The molecule has 1 aliphatic heterocycles. The van der Waals surface area contributed by atoms with E-state index in [1.807, 2.05) is 0 Å². The Bertz CT molecular complexity index is 633. The highest BCUT2D eigenvalue weighted by atomic mass is 19.4. The molecule has 7 heteroatoms. The summed E-state index contributed by atoms with van der Waals surface area (Å²) in [5, 5.41) is 4.18. The second-order valence-electron chi connectivity index (χ2n) is 4.94. The van der Waals surface area contributed by atoms with Crippen LogP contribution in [0.15, 0.2) is 24.3 Å². The Morgan fingerprint density at radius 3 is 2.80 bits per heavy atom. The van der Waals surface area contributed by atoms with Gasteiger partial charge >= 0.3 is 6.18 Å². The first-order valence-corrected chi connectivity index (χ1v) is 6.30. The molecule has 0 radical (unpaired) electrons. The van der Waals surface area contributed by atoms with Gasteiger partial charge in [-0.15, -0.1) is 0 Å². The molecule has 1 aromatic carbocycles. The molecule has 2 heterocycles. The molecule has 4 nitrogen and oxygen atoms in total. The number of halogens is 3. The first kappa shape index (κ1) is 13.0. The van der Waals surface area contributed by atoms with Crippen LogP contribution in [-0.4, -0.2) is 20.9 Å². The Hall–Kier alpha value is -2.05. The van der Waals surface area contributed by atoms with Crippen LogP contribution < -0.4 is 5.73 Å². The summed E-state index contributed by atoms with van der Waals surface area (Å²) in [7, 11) is 0. The number of hydrogen-bond acceptors (Lipinski definition) is 3. The molecular weight excluding hydrogens is 269 g/mol. The number of benzene rings is 1. The summed E-state index contributed by atoms with van der Waals surface area (Å²) in [5.41, 5.74) is 6.98. The highest BCUT2D eigenvalue weighted by Crippen LogP contribution is 2.34. The number of alkyl halides is 3. The molecule has 2 N–H and O–H groups in total. The molecule has 0 bridgehead atoms. The van der Waals surface area contributed by atoms with Gasteiger partial charge in [0.1, 0.15) is 5.82 Å². The fourth-order valence-electron chi connectivity index (χ4n) is 2.38. The van der Waals surface area contributed by atoms with E-state index in [1.54, 1.807) is 24.3 Å². The number of nitrogens with zero attached hydrogens (tertiary/aromatic N) is 3. The van der Waals surface area contributed by atoms with Crippen molar-refractivity contribution < 1.29 is 13.2 Å². The average molecular weight is 282 g/mol. The van der Waals surface area contributed by atoms with Gasteiger partial charge in [-0.25, -0.2) is 9.67 Å². The summed E-state index contributed by atoms with van der Waals surface area (Å²) >= 11 is 0. The van der Waals surface area contributed by atoms with E-state index in [9.17, 15) is 13.2 Å². The minimum atomic E-state index is -4.18. The lowest BCUT2D eigenvalue weighted by molar-refractivity contribution is -0.182. The van der Waals surface area contributed by atoms with Crippen LogP contribution >= 0.6 is 0 Å². The second-order valence-corrected chi connectivity index (χ2v) is 4.94. The van der Waals surface area contributed by atoms with Crippen molar-refractivity contribution in [3.05, 3.63) is 30.1 Å². The van der Waals surface area contributed by atoms with Crippen molar-refractivity contribution in [3.8, 4) is 11.4 Å². The highest BCUT2D eigenvalue weighted by Gasteiger charge is 2.42. The van der Waals surface area contributed by atoms with Crippen molar-refractivity contribution in [2.24, 2.45) is 5.92 Å². The largest absolute Gasteiger partial charge is 0.399 e. The lowest BCUT2D eigenvalue weighted by Crippen LogP contribution is -2.32. The molecule has 0 spiro atoms. The summed E-state index contributed by atoms with van der Waals surface area (Å²) in [6.07, 6.45) is -3.82. The fourth-order valence-corrected chi connectivity index (χ4v) is 2.38. The Morgan fingerprint density at radius 2 is 2.10 bits per heavy atom. The number of anilines is 1. The van der Waals surface area contributed by atoms with Crippen LogP contribution in [0.2, 0.25) is 0 Å². The van der Waals surface area contributed by atoms with Crippen molar-refractivity contribution in [1.29, 1.82) is 0 Å². The van der Waals surface area contributed by atoms with Gasteiger partial charge in [0, 0.05) is 17.7 Å². The molecule has 0 saturated heterocycles. The number of aryl methyl sites for hydroxylation is 1. The molecular formula is C13H13F3N4. The standard InChI is InChI=1S/C13H13F3N4/c14-13(15,16)9-4-5-11-18-12(19-20(11)7-9)8-2-1-3-10(17)6-8/h1-3,6,9H,4-5,7,17H2. The molecule has 0 amide bonds. The van der Waals surface area contributed by atoms with Gasteiger partial charge in [0.15, 0.2) is 5.82 Å². The van der Waals surface area contributed by atoms with Gasteiger partial charge in [0.25, 0.3) is 0 Å². The smallest absolute Gasteiger partial charge is 0.393 e. The van der Waals surface area contributed by atoms with Crippen LogP contribution in [-0.2, 0) is 13.0 Å². The van der Waals surface area contributed by atoms with Crippen molar-refractivity contribution in [1.82, 2.24) is 14.8 Å². The predicted octanol–water partition coefficient (Wildman–Crippen LogP) is 2.65. The number of fused-ring (bicyclic) bond motifs is 1. The van der Waals surface area contributed by atoms with Crippen molar-refractivity contribution in [2.45, 2.75) is 25.6 Å². The van der Waals surface area contributed by atoms with Gasteiger partial charge < -0.3 is 5.73 Å². The van der Waals surface area contributed by atoms with E-state index in [0.717, 1.165) is 5.56 Å². The van der Waals surface area contributed by atoms with Crippen LogP contribution in [0, 0.1) is 5.92 Å². The molecule has 0 aliphatic carbocycles. The maximum atomic E-state index is 12.7. The molecule has 1 aliphatic rings. The van der Waals surface area contributed by atoms with Crippen LogP contribution in [0.25, 0.3) is 11.4 Å². The van der Waals surface area contributed by atoms with Crippen LogP contribution in [0.4, 0.5) is 18.9 Å². The van der Waals surface area contributed by atoms with E-state index in [1.165, 1.54) is 4.68 Å². The summed E-state index contributed by atoms with van der Waals surface area (Å²) < 4.78 is 39.6. The third-order valence-corrected chi connectivity index (χ3v) is 3.47. The zero-order valence-electron chi connectivity index (χ0n) is 10.6. The maximum absolute atomic E-state index is 12.7. The lowest BCUT2D eigenvalue weighted by Gasteiger charge is -2.24. The molecule has 0 fully saturated rings. The Balaban J connectivity index is 1.91. The van der Waals surface area contributed by atoms with E-state index >= 15 is 0 Å². The minimum absolute atomic E-state index is 0.0680. The Kier molecular flexibility index (Phi) is 2.92. The quantitative estimate of drug-likeness (QED) is 0.818. The molecule has 1 atom stereocenters. The number of aromatic nitrogens is 3. The minimum Gasteiger partial charge on any atom is -0.399 e. The number of rotatable bonds is 1. The molecule has 2 aromatic rings. The van der Waals surface area contributed by atoms with Gasteiger partial charge in [-0.2, -0.15) is 18.3 Å². The SMILES string of the molecule is Nc1cccc(-c2nc3n(n2)CC(C(F)(F)F)CC3)c1. The monoisotopic (exact) mass is 282 g/mol. The van der Waals surface area contributed by atoms with E-state index in [4.69, 9.17) is 5.73 Å². The highest BCUT2D eigenvalue weighted by molar-refractivity contribution is 5.60. The Morgan fingerprint density at radius 1 is 1.30 bits per heavy atom. The second kappa shape index (κ2) is 4.50. The van der Waals surface area contributed by atoms with Crippen molar-refractivity contribution in [3.63, 3.8) is 0 Å². The zero-order valence-corrected chi connectivity index (χ0v) is 10.6. The van der Waals surface area contributed by atoms with Crippen LogP contribution in [0.1, 0.15) is 12.2 Å². The molecule has 106 valence electrons. The summed E-state index contributed by atoms with van der Waals surface area (Å²) in [4.78, 5) is 4.31. The van der Waals surface area contributed by atoms with Crippen LogP contribution in [0.5, 0.6) is 0 Å². The van der Waals surface area contributed by atoms with Crippen molar-refractivity contribution >= 4 is 5.69 Å². The molecule has 1 unspecified atom stereocenters. The molecule has 3 rings (SSSR count). The lowest BCUT2D eigenvalue weighted by atomic mass is 9.99. The predicted molar refractivity (Wildman–Crippen MR) is 67.7 cm³/mol. The van der Waals surface area contributed by atoms with E-state index in [2.05, 4.69) is 10.1 Å². The summed E-state index contributed by atoms with van der Waals surface area (Å²) in [5.74, 6) is -0.316. The average Bonchev–Trinajstić information content (AvgIpc) is 2.80. The van der Waals surface area contributed by atoms with Crippen molar-refractivity contribution in [2.75, 3.05) is 5.73 Å². The number of nitrogens with two attached hydrogens (primary N) is 1. The summed E-state index contributed by atoms with van der Waals surface area (Å²) in [6, 6.07) is 7.00. The number of nitrogen functional groups attached to an aromatic ring is 1. The number of hydrogen-bond donors (Lipinski definition) is 1. The third-order valence-electron chi connectivity index (χ3n) is 3.47. The van der Waals surface area contributed by atoms with Crippen LogP contribution in [0.3, 0.4) is 0 Å². The first-order chi connectivity index (χ1) is 9.43.